The highest BCUT2D eigenvalue weighted by molar-refractivity contribution is 8.21. The highest BCUT2D eigenvalue weighted by Gasteiger charge is 2.53. The molecule has 3 amide bonds. The number of rotatable bonds is 11. The summed E-state index contributed by atoms with van der Waals surface area (Å²) in [6.45, 7) is 9.98. The van der Waals surface area contributed by atoms with Crippen molar-refractivity contribution in [3.05, 3.63) is 0 Å². The van der Waals surface area contributed by atoms with E-state index in [0.717, 1.165) is 43.6 Å². The molecule has 5 N–H and O–H groups in total. The smallest absolute Gasteiger partial charge is 0.408 e. The predicted octanol–water partition coefficient (Wildman–Crippen LogP) is 2.81. The van der Waals surface area contributed by atoms with Crippen LogP contribution in [0.4, 0.5) is 4.79 Å². The number of aliphatic hydroxyl groups excluding tert-OH is 2. The number of nitrogens with one attached hydrogen (secondary N) is 3. The molecule has 2 heterocycles. The number of hydrogen-bond acceptors (Lipinski definition) is 9. The second-order valence-electron chi connectivity index (χ2n) is 12.2. The molecule has 12 heteroatoms. The van der Waals surface area contributed by atoms with Crippen molar-refractivity contribution in [3.8, 4) is 0 Å². The molecule has 40 heavy (non-hydrogen) atoms. The summed E-state index contributed by atoms with van der Waals surface area (Å²) in [7, 11) is 0. The molecular weight excluding hydrogens is 552 g/mol. The third-order valence-electron chi connectivity index (χ3n) is 7.84. The first-order valence-electron chi connectivity index (χ1n) is 14.9. The second kappa shape index (κ2) is 14.8. The van der Waals surface area contributed by atoms with E-state index in [1.54, 1.807) is 32.6 Å². The first kappa shape index (κ1) is 33.3. The lowest BCUT2D eigenvalue weighted by Crippen LogP contribution is -2.60. The minimum absolute atomic E-state index is 0.00708. The highest BCUT2D eigenvalue weighted by atomic mass is 32.2. The Morgan fingerprint density at radius 2 is 1.73 bits per heavy atom. The van der Waals surface area contributed by atoms with Gasteiger partial charge in [0.1, 0.15) is 24.0 Å². The quantitative estimate of drug-likeness (QED) is 0.226. The Labute approximate surface area is 247 Å². The number of carbonyl (C=O) groups is 3. The van der Waals surface area contributed by atoms with Gasteiger partial charge in [0, 0.05) is 30.6 Å². The molecule has 3 fully saturated rings. The highest BCUT2D eigenvalue weighted by Crippen LogP contribution is 2.52. The number of amides is 3. The number of carbonyl (C=O) groups excluding carboxylic acids is 3. The topological polar surface area (TPSA) is 140 Å². The van der Waals surface area contributed by atoms with Crippen LogP contribution in [0.15, 0.2) is 0 Å². The molecule has 5 atom stereocenters. The van der Waals surface area contributed by atoms with E-state index in [2.05, 4.69) is 16.0 Å². The summed E-state index contributed by atoms with van der Waals surface area (Å²) >= 11 is 3.63. The summed E-state index contributed by atoms with van der Waals surface area (Å²) in [5.74, 6) is 1.24. The lowest BCUT2D eigenvalue weighted by Gasteiger charge is -2.37. The summed E-state index contributed by atoms with van der Waals surface area (Å²) in [5, 5.41) is 30.9. The zero-order valence-corrected chi connectivity index (χ0v) is 26.4. The number of aliphatic hydroxyl groups is 2. The molecule has 1 saturated carbocycles. The average molecular weight is 603 g/mol. The first-order chi connectivity index (χ1) is 18.9. The van der Waals surface area contributed by atoms with Crippen molar-refractivity contribution in [1.82, 2.24) is 20.9 Å². The van der Waals surface area contributed by atoms with Crippen LogP contribution in [0.25, 0.3) is 0 Å². The minimum atomic E-state index is -1.33. The lowest BCUT2D eigenvalue weighted by atomic mass is 9.83. The van der Waals surface area contributed by atoms with Gasteiger partial charge in [0.2, 0.25) is 11.8 Å². The van der Waals surface area contributed by atoms with E-state index in [-0.39, 0.29) is 15.9 Å². The number of likely N-dealkylation sites (N-methyl/N-ethyl adjacent to an activating group) is 1. The molecule has 0 radical (unpaired) electrons. The van der Waals surface area contributed by atoms with Crippen molar-refractivity contribution < 1.29 is 29.3 Å². The zero-order chi connectivity index (χ0) is 29.5. The predicted molar refractivity (Wildman–Crippen MR) is 160 cm³/mol. The van der Waals surface area contributed by atoms with Gasteiger partial charge in [-0.25, -0.2) is 4.79 Å². The number of nitrogens with zero attached hydrogens (tertiary/aromatic N) is 1. The van der Waals surface area contributed by atoms with E-state index in [0.29, 0.717) is 32.4 Å². The van der Waals surface area contributed by atoms with Crippen LogP contribution in [0.3, 0.4) is 0 Å². The van der Waals surface area contributed by atoms with E-state index < -0.39 is 48.1 Å². The van der Waals surface area contributed by atoms with Crippen molar-refractivity contribution in [2.24, 2.45) is 5.92 Å². The Hall–Kier alpha value is -1.21. The van der Waals surface area contributed by atoms with Gasteiger partial charge in [-0.2, -0.15) is 0 Å². The van der Waals surface area contributed by atoms with Crippen LogP contribution in [0, 0.1) is 5.92 Å². The Morgan fingerprint density at radius 1 is 1.07 bits per heavy atom. The summed E-state index contributed by atoms with van der Waals surface area (Å²) < 4.78 is 5.30. The van der Waals surface area contributed by atoms with Gasteiger partial charge in [0.15, 0.2) is 0 Å². The lowest BCUT2D eigenvalue weighted by molar-refractivity contribution is -0.140. The van der Waals surface area contributed by atoms with Crippen molar-refractivity contribution in [1.29, 1.82) is 0 Å². The summed E-state index contributed by atoms with van der Waals surface area (Å²) in [6, 6.07) is -1.99. The fraction of sp³-hybridized carbons (Fsp3) is 0.893. The van der Waals surface area contributed by atoms with Crippen LogP contribution < -0.4 is 16.0 Å². The summed E-state index contributed by atoms with van der Waals surface area (Å²) in [5.41, 5.74) is -0.694. The van der Waals surface area contributed by atoms with Crippen molar-refractivity contribution >= 4 is 41.4 Å². The third kappa shape index (κ3) is 8.89. The van der Waals surface area contributed by atoms with Crippen LogP contribution in [0.1, 0.15) is 86.0 Å². The standard InChI is InChI=1S/C28H50N4O6S2/c1-6-11-19(22(33)24(35)29-7-2)30-23(34)20-16-28(39-14-15-40-28)17-32(20)25(36)21(18-12-9-8-10-13-18)31-26(37)38-27(3,4)5/h18-23,30,33-34H,6-17H2,1-5H3,(H,29,35)(H,31,37). The first-order valence-corrected chi connectivity index (χ1v) is 16.8. The summed E-state index contributed by atoms with van der Waals surface area (Å²) in [6.07, 6.45) is 3.47. The van der Waals surface area contributed by atoms with Gasteiger partial charge < -0.3 is 30.5 Å². The average Bonchev–Trinajstić information content (AvgIpc) is 3.52. The maximum Gasteiger partial charge on any atom is 0.408 e. The van der Waals surface area contributed by atoms with Crippen LogP contribution in [0.5, 0.6) is 0 Å². The number of thioether (sulfide) groups is 2. The van der Waals surface area contributed by atoms with Crippen molar-refractivity contribution in [3.63, 3.8) is 0 Å². The van der Waals surface area contributed by atoms with Crippen molar-refractivity contribution in [2.45, 2.75) is 126 Å². The van der Waals surface area contributed by atoms with Crippen LogP contribution in [-0.4, -0.2) is 97.8 Å². The SMILES string of the molecule is CCCC(NC(O)C1CC2(CN1C(=O)C(NC(=O)OC(C)(C)C)C1CCCCC1)SCCS2)C(O)C(=O)NCC. The van der Waals surface area contributed by atoms with Crippen LogP contribution >= 0.6 is 23.5 Å². The molecule has 0 aromatic carbocycles. The number of hydrogen-bond donors (Lipinski definition) is 5. The van der Waals surface area contributed by atoms with Crippen LogP contribution in [-0.2, 0) is 14.3 Å². The van der Waals surface area contributed by atoms with Gasteiger partial charge in [-0.1, -0.05) is 32.6 Å². The number of alkyl carbamates (subject to hydrolysis) is 1. The Bertz CT molecular complexity index is 860. The largest absolute Gasteiger partial charge is 0.444 e. The minimum Gasteiger partial charge on any atom is -0.444 e. The molecule has 2 aliphatic heterocycles. The molecule has 0 aromatic heterocycles. The van der Waals surface area contributed by atoms with E-state index >= 15 is 0 Å². The fourth-order valence-corrected chi connectivity index (χ4v) is 9.28. The Morgan fingerprint density at radius 3 is 2.30 bits per heavy atom. The molecule has 230 valence electrons. The van der Waals surface area contributed by atoms with E-state index in [1.165, 1.54) is 0 Å². The molecule has 2 saturated heterocycles. The van der Waals surface area contributed by atoms with Gasteiger partial charge in [-0.15, -0.1) is 23.5 Å². The van der Waals surface area contributed by atoms with E-state index in [9.17, 15) is 24.6 Å². The Kier molecular flexibility index (Phi) is 12.3. The molecule has 0 bridgehead atoms. The normalized spacial score (nSPS) is 24.4. The molecule has 3 rings (SSSR count). The fourth-order valence-electron chi connectivity index (χ4n) is 6.00. The number of likely N-dealkylation sites (tertiary alicyclic amines) is 1. The molecular formula is C28H50N4O6S2. The van der Waals surface area contributed by atoms with Crippen molar-refractivity contribution in [2.75, 3.05) is 24.6 Å². The van der Waals surface area contributed by atoms with Gasteiger partial charge in [0.05, 0.1) is 10.1 Å². The molecule has 0 aromatic rings. The van der Waals surface area contributed by atoms with Crippen LogP contribution in [0.2, 0.25) is 0 Å². The molecule has 1 spiro atoms. The summed E-state index contributed by atoms with van der Waals surface area (Å²) in [4.78, 5) is 41.3. The van der Waals surface area contributed by atoms with Gasteiger partial charge in [0.25, 0.3) is 0 Å². The maximum absolute atomic E-state index is 14.3. The third-order valence-corrected chi connectivity index (χ3v) is 11.3. The van der Waals surface area contributed by atoms with E-state index in [1.807, 2.05) is 30.4 Å². The van der Waals surface area contributed by atoms with Gasteiger partial charge in [-0.05, 0) is 59.3 Å². The maximum atomic E-state index is 14.3. The molecule has 1 aliphatic carbocycles. The second-order valence-corrected chi connectivity index (χ2v) is 15.4. The molecule has 3 aliphatic rings. The zero-order valence-electron chi connectivity index (χ0n) is 24.7. The molecule has 5 unspecified atom stereocenters. The monoisotopic (exact) mass is 602 g/mol. The van der Waals surface area contributed by atoms with Gasteiger partial charge in [-0.3, -0.25) is 14.9 Å². The Balaban J connectivity index is 1.85. The molecule has 10 nitrogen and oxygen atoms in total. The number of ether oxygens (including phenoxy) is 1. The van der Waals surface area contributed by atoms with Gasteiger partial charge >= 0.3 is 6.09 Å². The van der Waals surface area contributed by atoms with E-state index in [4.69, 9.17) is 4.74 Å².